The molecule has 0 atom stereocenters. The number of rotatable bonds is 4. The maximum Gasteiger partial charge on any atom is 0.191 e. The first-order chi connectivity index (χ1) is 10.4. The maximum atomic E-state index is 4.28. The number of hydrogen-bond acceptors (Lipinski definition) is 3. The van der Waals surface area contributed by atoms with Gasteiger partial charge in [0, 0.05) is 32.3 Å². The topological polar surface area (TPSA) is 66.6 Å². The first-order valence-corrected chi connectivity index (χ1v) is 7.62. The third-order valence-corrected chi connectivity index (χ3v) is 3.95. The molecule has 0 spiro atoms. The van der Waals surface area contributed by atoms with Gasteiger partial charge in [-0.3, -0.25) is 9.39 Å². The summed E-state index contributed by atoms with van der Waals surface area (Å²) in [6.07, 6.45) is 7.94. The number of aromatic nitrogens is 3. The predicted octanol–water partition coefficient (Wildman–Crippen LogP) is 1.38. The summed E-state index contributed by atoms with van der Waals surface area (Å²) < 4.78 is 2.02. The average molecular weight is 286 g/mol. The quantitative estimate of drug-likeness (QED) is 0.658. The molecule has 1 fully saturated rings. The van der Waals surface area contributed by atoms with Crippen LogP contribution in [-0.2, 0) is 6.42 Å². The standard InChI is InChI=1S/C15H22N6/c1-16-15(18-12-6-2-3-7-12)17-10-9-14-20-19-13-8-4-5-11-21(13)14/h4-5,8,11-12H,2-3,6-7,9-10H2,1H3,(H2,16,17,18). The van der Waals surface area contributed by atoms with Crippen LogP contribution < -0.4 is 10.6 Å². The molecule has 2 aromatic rings. The van der Waals surface area contributed by atoms with Gasteiger partial charge in [-0.25, -0.2) is 0 Å². The molecule has 6 heteroatoms. The number of nitrogens with zero attached hydrogens (tertiary/aromatic N) is 4. The molecular formula is C15H22N6. The van der Waals surface area contributed by atoms with E-state index in [2.05, 4.69) is 25.8 Å². The number of nitrogens with one attached hydrogen (secondary N) is 2. The highest BCUT2D eigenvalue weighted by Crippen LogP contribution is 2.17. The molecular weight excluding hydrogens is 264 g/mol. The average Bonchev–Trinajstić information content (AvgIpc) is 3.16. The largest absolute Gasteiger partial charge is 0.356 e. The fourth-order valence-corrected chi connectivity index (χ4v) is 2.81. The summed E-state index contributed by atoms with van der Waals surface area (Å²) >= 11 is 0. The van der Waals surface area contributed by atoms with Gasteiger partial charge in [0.2, 0.25) is 0 Å². The van der Waals surface area contributed by atoms with Gasteiger partial charge in [-0.05, 0) is 25.0 Å². The van der Waals surface area contributed by atoms with Crippen molar-refractivity contribution in [3.63, 3.8) is 0 Å². The van der Waals surface area contributed by atoms with E-state index in [1.54, 1.807) is 0 Å². The van der Waals surface area contributed by atoms with Gasteiger partial charge >= 0.3 is 0 Å². The van der Waals surface area contributed by atoms with Crippen molar-refractivity contribution in [3.05, 3.63) is 30.2 Å². The predicted molar refractivity (Wildman–Crippen MR) is 83.4 cm³/mol. The molecule has 1 saturated carbocycles. The molecule has 0 aliphatic heterocycles. The Balaban J connectivity index is 1.52. The molecule has 21 heavy (non-hydrogen) atoms. The number of hydrogen-bond donors (Lipinski definition) is 2. The van der Waals surface area contributed by atoms with E-state index in [1.807, 2.05) is 35.8 Å². The van der Waals surface area contributed by atoms with Gasteiger partial charge in [0.25, 0.3) is 0 Å². The summed E-state index contributed by atoms with van der Waals surface area (Å²) in [6.45, 7) is 0.794. The lowest BCUT2D eigenvalue weighted by Crippen LogP contribution is -2.43. The summed E-state index contributed by atoms with van der Waals surface area (Å²) in [7, 11) is 1.82. The molecule has 6 nitrogen and oxygen atoms in total. The van der Waals surface area contributed by atoms with E-state index in [9.17, 15) is 0 Å². The van der Waals surface area contributed by atoms with Crippen LogP contribution in [-0.4, -0.2) is 40.2 Å². The molecule has 0 unspecified atom stereocenters. The highest BCUT2D eigenvalue weighted by Gasteiger charge is 2.15. The smallest absolute Gasteiger partial charge is 0.191 e. The van der Waals surface area contributed by atoms with E-state index in [-0.39, 0.29) is 0 Å². The van der Waals surface area contributed by atoms with Crippen LogP contribution in [0.2, 0.25) is 0 Å². The van der Waals surface area contributed by atoms with Crippen LogP contribution in [0.1, 0.15) is 31.5 Å². The molecule has 0 saturated heterocycles. The van der Waals surface area contributed by atoms with Crippen molar-refractivity contribution in [2.45, 2.75) is 38.1 Å². The van der Waals surface area contributed by atoms with Gasteiger partial charge in [-0.1, -0.05) is 18.9 Å². The number of aliphatic imine (C=N–C) groups is 1. The zero-order valence-corrected chi connectivity index (χ0v) is 12.4. The van der Waals surface area contributed by atoms with E-state index in [1.165, 1.54) is 25.7 Å². The third-order valence-electron chi connectivity index (χ3n) is 3.95. The van der Waals surface area contributed by atoms with E-state index >= 15 is 0 Å². The van der Waals surface area contributed by atoms with Gasteiger partial charge < -0.3 is 10.6 Å². The number of guanidine groups is 1. The molecule has 3 rings (SSSR count). The summed E-state index contributed by atoms with van der Waals surface area (Å²) in [5, 5.41) is 15.2. The van der Waals surface area contributed by atoms with Gasteiger partial charge in [0.15, 0.2) is 11.6 Å². The van der Waals surface area contributed by atoms with Crippen molar-refractivity contribution < 1.29 is 0 Å². The van der Waals surface area contributed by atoms with Crippen LogP contribution >= 0.6 is 0 Å². The number of pyridine rings is 1. The molecule has 0 aromatic carbocycles. The lowest BCUT2D eigenvalue weighted by Gasteiger charge is -2.16. The van der Waals surface area contributed by atoms with Crippen molar-refractivity contribution in [2.75, 3.05) is 13.6 Å². The third kappa shape index (κ3) is 3.32. The van der Waals surface area contributed by atoms with Crippen LogP contribution in [0.4, 0.5) is 0 Å². The Morgan fingerprint density at radius 1 is 1.33 bits per heavy atom. The Morgan fingerprint density at radius 3 is 3.00 bits per heavy atom. The number of fused-ring (bicyclic) bond motifs is 1. The Hall–Kier alpha value is -2.11. The molecule has 0 amide bonds. The normalized spacial score (nSPS) is 16.5. The monoisotopic (exact) mass is 286 g/mol. The molecule has 2 N–H and O–H groups in total. The zero-order chi connectivity index (χ0) is 14.5. The molecule has 112 valence electrons. The second kappa shape index (κ2) is 6.56. The molecule has 1 aliphatic rings. The van der Waals surface area contributed by atoms with Crippen molar-refractivity contribution >= 4 is 11.6 Å². The van der Waals surface area contributed by atoms with Crippen molar-refractivity contribution in [1.29, 1.82) is 0 Å². The first kappa shape index (κ1) is 13.9. The summed E-state index contributed by atoms with van der Waals surface area (Å²) in [5.74, 6) is 1.85. The summed E-state index contributed by atoms with van der Waals surface area (Å²) in [4.78, 5) is 4.28. The van der Waals surface area contributed by atoms with Crippen LogP contribution in [0, 0.1) is 0 Å². The maximum absolute atomic E-state index is 4.28. The van der Waals surface area contributed by atoms with Crippen LogP contribution in [0.5, 0.6) is 0 Å². The highest BCUT2D eigenvalue weighted by molar-refractivity contribution is 5.79. The summed E-state index contributed by atoms with van der Waals surface area (Å²) in [5.41, 5.74) is 0.890. The van der Waals surface area contributed by atoms with Crippen molar-refractivity contribution in [3.8, 4) is 0 Å². The van der Waals surface area contributed by atoms with Gasteiger partial charge in [-0.15, -0.1) is 10.2 Å². The van der Waals surface area contributed by atoms with Gasteiger partial charge in [-0.2, -0.15) is 0 Å². The molecule has 0 bridgehead atoms. The Bertz CT molecular complexity index is 611. The van der Waals surface area contributed by atoms with E-state index in [4.69, 9.17) is 0 Å². The molecule has 2 aromatic heterocycles. The van der Waals surface area contributed by atoms with E-state index < -0.39 is 0 Å². The fraction of sp³-hybridized carbons (Fsp3) is 0.533. The Kier molecular flexibility index (Phi) is 4.33. The molecule has 1 aliphatic carbocycles. The summed E-state index contributed by atoms with van der Waals surface area (Å²) in [6, 6.07) is 6.50. The highest BCUT2D eigenvalue weighted by atomic mass is 15.2. The lowest BCUT2D eigenvalue weighted by molar-refractivity contribution is 0.612. The van der Waals surface area contributed by atoms with Crippen LogP contribution in [0.15, 0.2) is 29.4 Å². The van der Waals surface area contributed by atoms with E-state index in [0.717, 1.165) is 30.4 Å². The minimum absolute atomic E-state index is 0.574. The van der Waals surface area contributed by atoms with Crippen LogP contribution in [0.25, 0.3) is 5.65 Å². The lowest BCUT2D eigenvalue weighted by atomic mass is 10.2. The minimum atomic E-state index is 0.574. The second-order valence-corrected chi connectivity index (χ2v) is 5.42. The molecule has 0 radical (unpaired) electrons. The van der Waals surface area contributed by atoms with Crippen molar-refractivity contribution in [1.82, 2.24) is 25.2 Å². The Labute approximate surface area is 124 Å². The first-order valence-electron chi connectivity index (χ1n) is 7.62. The zero-order valence-electron chi connectivity index (χ0n) is 12.4. The SMILES string of the molecule is CN=C(NCCc1nnc2ccccn12)NC1CCCC1. The van der Waals surface area contributed by atoms with Gasteiger partial charge in [0.1, 0.15) is 5.82 Å². The van der Waals surface area contributed by atoms with Crippen molar-refractivity contribution in [2.24, 2.45) is 4.99 Å². The Morgan fingerprint density at radius 2 is 2.19 bits per heavy atom. The minimum Gasteiger partial charge on any atom is -0.356 e. The van der Waals surface area contributed by atoms with Gasteiger partial charge in [0.05, 0.1) is 0 Å². The fourth-order valence-electron chi connectivity index (χ4n) is 2.81. The second-order valence-electron chi connectivity index (χ2n) is 5.42. The van der Waals surface area contributed by atoms with E-state index in [0.29, 0.717) is 6.04 Å². The molecule has 2 heterocycles. The van der Waals surface area contributed by atoms with Crippen LogP contribution in [0.3, 0.4) is 0 Å².